The molecule has 15 heavy (non-hydrogen) atoms. The van der Waals surface area contributed by atoms with Crippen molar-refractivity contribution in [2.45, 2.75) is 32.2 Å². The van der Waals surface area contributed by atoms with Gasteiger partial charge in [-0.2, -0.15) is 0 Å². The molecule has 6 heteroatoms. The van der Waals surface area contributed by atoms with Crippen LogP contribution in [0.25, 0.3) is 0 Å². The van der Waals surface area contributed by atoms with Gasteiger partial charge >= 0.3 is 6.01 Å². The highest BCUT2D eigenvalue weighted by Crippen LogP contribution is 2.19. The fourth-order valence-corrected chi connectivity index (χ4v) is 1.59. The molecular weight excluding hydrogens is 196 g/mol. The van der Waals surface area contributed by atoms with Crippen molar-refractivity contribution in [3.63, 3.8) is 0 Å². The molecule has 1 fully saturated rings. The second-order valence-electron chi connectivity index (χ2n) is 3.70. The molecule has 82 valence electrons. The first-order chi connectivity index (χ1) is 7.20. The Morgan fingerprint density at radius 3 is 3.00 bits per heavy atom. The Morgan fingerprint density at radius 2 is 2.40 bits per heavy atom. The second kappa shape index (κ2) is 3.98. The minimum Gasteiger partial charge on any atom is -0.408 e. The van der Waals surface area contributed by atoms with Crippen molar-refractivity contribution in [1.29, 1.82) is 0 Å². The van der Waals surface area contributed by atoms with Crippen LogP contribution in [0.15, 0.2) is 4.42 Å². The normalized spacial score (nSPS) is 21.3. The second-order valence-corrected chi connectivity index (χ2v) is 3.70. The molecule has 0 bridgehead atoms. The minimum absolute atomic E-state index is 0.0470. The predicted molar refractivity (Wildman–Crippen MR) is 53.2 cm³/mol. The molecular formula is C9H14N4O2. The molecule has 1 saturated heterocycles. The largest absolute Gasteiger partial charge is 0.408 e. The number of carbonyl (C=O) groups excluding carboxylic acids is 1. The highest BCUT2D eigenvalue weighted by molar-refractivity contribution is 5.94. The molecule has 0 radical (unpaired) electrons. The number of carbonyl (C=O) groups is 1. The van der Waals surface area contributed by atoms with Crippen molar-refractivity contribution in [3.05, 3.63) is 5.89 Å². The third-order valence-electron chi connectivity index (χ3n) is 2.31. The minimum atomic E-state index is -0.126. The highest BCUT2D eigenvalue weighted by atomic mass is 16.4. The van der Waals surface area contributed by atoms with Gasteiger partial charge in [-0.3, -0.25) is 9.69 Å². The molecule has 2 rings (SSSR count). The van der Waals surface area contributed by atoms with Gasteiger partial charge in [0.1, 0.15) is 0 Å². The maximum atomic E-state index is 11.5. The van der Waals surface area contributed by atoms with Crippen molar-refractivity contribution >= 4 is 11.9 Å². The number of nitrogens with zero attached hydrogens (tertiary/aromatic N) is 3. The summed E-state index contributed by atoms with van der Waals surface area (Å²) in [4.78, 5) is 12.9. The lowest BCUT2D eigenvalue weighted by Crippen LogP contribution is -2.28. The van der Waals surface area contributed by atoms with Crippen LogP contribution in [-0.2, 0) is 11.2 Å². The van der Waals surface area contributed by atoms with Crippen LogP contribution in [0.3, 0.4) is 0 Å². The molecule has 0 aliphatic carbocycles. The Kier molecular flexibility index (Phi) is 2.68. The lowest BCUT2D eigenvalue weighted by Gasteiger charge is -2.08. The number of rotatable bonds is 3. The highest BCUT2D eigenvalue weighted by Gasteiger charge is 2.31. The summed E-state index contributed by atoms with van der Waals surface area (Å²) in [7, 11) is 0. The van der Waals surface area contributed by atoms with Crippen LogP contribution in [0.4, 0.5) is 6.01 Å². The van der Waals surface area contributed by atoms with Gasteiger partial charge in [0.2, 0.25) is 11.8 Å². The van der Waals surface area contributed by atoms with Gasteiger partial charge in [0.15, 0.2) is 0 Å². The smallest absolute Gasteiger partial charge is 0.325 e. The summed E-state index contributed by atoms with van der Waals surface area (Å²) in [6, 6.07) is 0.149. The van der Waals surface area contributed by atoms with Crippen LogP contribution in [0.1, 0.15) is 25.7 Å². The van der Waals surface area contributed by atoms with Crippen molar-refractivity contribution < 1.29 is 9.21 Å². The molecule has 1 amide bonds. The topological polar surface area (TPSA) is 85.3 Å². The van der Waals surface area contributed by atoms with Crippen LogP contribution in [-0.4, -0.2) is 28.7 Å². The van der Waals surface area contributed by atoms with Gasteiger partial charge in [-0.15, -0.1) is 5.10 Å². The summed E-state index contributed by atoms with van der Waals surface area (Å²) in [5, 5.41) is 7.69. The first-order valence-electron chi connectivity index (χ1n) is 5.09. The Balaban J connectivity index is 2.12. The molecule has 0 spiro atoms. The van der Waals surface area contributed by atoms with Gasteiger partial charge in [-0.05, 0) is 6.42 Å². The average molecular weight is 210 g/mol. The van der Waals surface area contributed by atoms with Crippen molar-refractivity contribution in [1.82, 2.24) is 10.2 Å². The first kappa shape index (κ1) is 10.1. The number of aromatic nitrogens is 2. The van der Waals surface area contributed by atoms with E-state index in [1.165, 1.54) is 4.90 Å². The van der Waals surface area contributed by atoms with Gasteiger partial charge < -0.3 is 10.2 Å². The summed E-state index contributed by atoms with van der Waals surface area (Å²) in [6.45, 7) is 2.49. The SMILES string of the molecule is CCCc1nnc(N2CC(N)CC2=O)o1. The van der Waals surface area contributed by atoms with E-state index in [0.29, 0.717) is 18.9 Å². The van der Waals surface area contributed by atoms with Gasteiger partial charge in [0.25, 0.3) is 0 Å². The van der Waals surface area contributed by atoms with Crippen molar-refractivity contribution in [2.75, 3.05) is 11.4 Å². The van der Waals surface area contributed by atoms with E-state index in [-0.39, 0.29) is 18.0 Å². The predicted octanol–water partition coefficient (Wildman–Crippen LogP) is 0.0861. The summed E-state index contributed by atoms with van der Waals surface area (Å²) in [6.07, 6.45) is 2.03. The van der Waals surface area contributed by atoms with E-state index in [1.807, 2.05) is 6.92 Å². The molecule has 1 aliphatic rings. The lowest BCUT2D eigenvalue weighted by molar-refractivity contribution is -0.117. The van der Waals surface area contributed by atoms with Gasteiger partial charge in [0, 0.05) is 25.4 Å². The van der Waals surface area contributed by atoms with Crippen molar-refractivity contribution in [3.8, 4) is 0 Å². The molecule has 2 heterocycles. The van der Waals surface area contributed by atoms with E-state index < -0.39 is 0 Å². The molecule has 1 unspecified atom stereocenters. The van der Waals surface area contributed by atoms with E-state index in [4.69, 9.17) is 10.2 Å². The first-order valence-corrected chi connectivity index (χ1v) is 5.09. The maximum Gasteiger partial charge on any atom is 0.325 e. The average Bonchev–Trinajstić information content (AvgIpc) is 2.73. The number of anilines is 1. The zero-order valence-electron chi connectivity index (χ0n) is 8.64. The maximum absolute atomic E-state index is 11.5. The lowest BCUT2D eigenvalue weighted by atomic mass is 10.3. The van der Waals surface area contributed by atoms with E-state index in [1.54, 1.807) is 0 Å². The van der Waals surface area contributed by atoms with Crippen LogP contribution >= 0.6 is 0 Å². The van der Waals surface area contributed by atoms with E-state index in [0.717, 1.165) is 12.8 Å². The fourth-order valence-electron chi connectivity index (χ4n) is 1.59. The Hall–Kier alpha value is -1.43. The molecule has 1 aromatic rings. The summed E-state index contributed by atoms with van der Waals surface area (Å²) in [5.41, 5.74) is 5.67. The Labute approximate surface area is 87.4 Å². The van der Waals surface area contributed by atoms with E-state index >= 15 is 0 Å². The number of nitrogens with two attached hydrogens (primary N) is 1. The van der Waals surface area contributed by atoms with Crippen LogP contribution < -0.4 is 10.6 Å². The number of aryl methyl sites for hydroxylation is 1. The summed E-state index contributed by atoms with van der Waals surface area (Å²) < 4.78 is 5.35. The number of amides is 1. The third-order valence-corrected chi connectivity index (χ3v) is 2.31. The molecule has 1 aliphatic heterocycles. The Bertz CT molecular complexity index is 363. The van der Waals surface area contributed by atoms with E-state index in [9.17, 15) is 4.79 Å². The van der Waals surface area contributed by atoms with Gasteiger partial charge in [-0.25, -0.2) is 0 Å². The quantitative estimate of drug-likeness (QED) is 0.764. The molecule has 1 atom stereocenters. The number of hydrogen-bond acceptors (Lipinski definition) is 5. The monoisotopic (exact) mass is 210 g/mol. The van der Waals surface area contributed by atoms with E-state index in [2.05, 4.69) is 10.2 Å². The molecule has 0 saturated carbocycles. The van der Waals surface area contributed by atoms with Crippen LogP contribution in [0.2, 0.25) is 0 Å². The molecule has 2 N–H and O–H groups in total. The zero-order chi connectivity index (χ0) is 10.8. The van der Waals surface area contributed by atoms with Gasteiger partial charge in [0.05, 0.1) is 0 Å². The third kappa shape index (κ3) is 1.99. The summed E-state index contributed by atoms with van der Waals surface area (Å²) >= 11 is 0. The molecule has 1 aromatic heterocycles. The Morgan fingerprint density at radius 1 is 1.60 bits per heavy atom. The van der Waals surface area contributed by atoms with Crippen LogP contribution in [0, 0.1) is 0 Å². The molecule has 0 aromatic carbocycles. The summed E-state index contributed by atoms with van der Waals surface area (Å²) in [5.74, 6) is 0.523. The standard InChI is InChI=1S/C9H14N4O2/c1-2-3-7-11-12-9(15-7)13-5-6(10)4-8(13)14/h6H,2-5,10H2,1H3. The van der Waals surface area contributed by atoms with Crippen LogP contribution in [0.5, 0.6) is 0 Å². The van der Waals surface area contributed by atoms with Crippen molar-refractivity contribution in [2.24, 2.45) is 5.73 Å². The van der Waals surface area contributed by atoms with Gasteiger partial charge in [-0.1, -0.05) is 12.0 Å². The fraction of sp³-hybridized carbons (Fsp3) is 0.667. The zero-order valence-corrected chi connectivity index (χ0v) is 8.64. The number of hydrogen-bond donors (Lipinski definition) is 1. The molecule has 6 nitrogen and oxygen atoms in total.